The molecule has 0 radical (unpaired) electrons. The zero-order chi connectivity index (χ0) is 27.6. The van der Waals surface area contributed by atoms with Gasteiger partial charge < -0.3 is 9.64 Å². The number of hydrazone groups is 1. The lowest BCUT2D eigenvalue weighted by Gasteiger charge is -2.20. The molecule has 0 fully saturated rings. The van der Waals surface area contributed by atoms with Gasteiger partial charge in [0.05, 0.1) is 18.6 Å². The lowest BCUT2D eigenvalue weighted by atomic mass is 10.2. The molecular formula is C29H31ClN6O2S. The van der Waals surface area contributed by atoms with Gasteiger partial charge in [-0.25, -0.2) is 5.43 Å². The Labute approximate surface area is 238 Å². The van der Waals surface area contributed by atoms with Crippen LogP contribution in [0.3, 0.4) is 0 Å². The fraction of sp³-hybridized carbons (Fsp3) is 0.241. The van der Waals surface area contributed by atoms with Gasteiger partial charge >= 0.3 is 0 Å². The Bertz CT molecular complexity index is 1390. The minimum absolute atomic E-state index is 0.119. The molecule has 0 atom stereocenters. The lowest BCUT2D eigenvalue weighted by Crippen LogP contribution is -2.21. The van der Waals surface area contributed by atoms with E-state index in [4.69, 9.17) is 16.3 Å². The number of rotatable bonds is 12. The topological polar surface area (TPSA) is 84.6 Å². The van der Waals surface area contributed by atoms with Crippen LogP contribution in [0.4, 0.5) is 5.69 Å². The standard InChI is InChI=1S/C29H31ClN6O2S/c1-4-35(5-2)24-13-7-21(8-14-24)19-31-32-27(37)20-39-29-34-33-28(22-9-11-23(30)12-10-22)36(29)25-15-17-26(18-16-25)38-6-3/h7-19H,4-6,20H2,1-3H3,(H,32,37). The number of ether oxygens (including phenoxy) is 1. The maximum Gasteiger partial charge on any atom is 0.250 e. The van der Waals surface area contributed by atoms with E-state index in [2.05, 4.69) is 51.6 Å². The number of benzene rings is 3. The highest BCUT2D eigenvalue weighted by molar-refractivity contribution is 7.99. The van der Waals surface area contributed by atoms with Crippen LogP contribution in [0.2, 0.25) is 5.02 Å². The first-order chi connectivity index (χ1) is 19.0. The minimum atomic E-state index is -0.245. The van der Waals surface area contributed by atoms with Gasteiger partial charge in [-0.2, -0.15) is 5.10 Å². The third kappa shape index (κ3) is 7.40. The molecule has 0 aliphatic carbocycles. The van der Waals surface area contributed by atoms with Gasteiger partial charge in [-0.3, -0.25) is 9.36 Å². The van der Waals surface area contributed by atoms with Crippen molar-refractivity contribution in [2.75, 3.05) is 30.3 Å². The molecule has 0 saturated heterocycles. The molecule has 8 nitrogen and oxygen atoms in total. The van der Waals surface area contributed by atoms with Gasteiger partial charge in [-0.1, -0.05) is 35.5 Å². The van der Waals surface area contributed by atoms with Crippen molar-refractivity contribution in [1.29, 1.82) is 0 Å². The first kappa shape index (κ1) is 28.2. The molecule has 1 N–H and O–H groups in total. The molecule has 10 heteroatoms. The normalized spacial score (nSPS) is 11.1. The zero-order valence-electron chi connectivity index (χ0n) is 22.2. The summed E-state index contributed by atoms with van der Waals surface area (Å²) < 4.78 is 7.50. The molecule has 0 saturated carbocycles. The first-order valence-corrected chi connectivity index (χ1v) is 14.1. The summed E-state index contributed by atoms with van der Waals surface area (Å²) in [5.74, 6) is 1.29. The van der Waals surface area contributed by atoms with Crippen LogP contribution in [0.15, 0.2) is 83.1 Å². The molecule has 0 unspecified atom stereocenters. The number of aromatic nitrogens is 3. The summed E-state index contributed by atoms with van der Waals surface area (Å²) in [5.41, 5.74) is 6.37. The Morgan fingerprint density at radius 1 is 1.00 bits per heavy atom. The molecule has 39 heavy (non-hydrogen) atoms. The van der Waals surface area contributed by atoms with Gasteiger partial charge in [0.2, 0.25) is 0 Å². The van der Waals surface area contributed by atoms with Gasteiger partial charge in [0.1, 0.15) is 5.75 Å². The number of nitrogens with one attached hydrogen (secondary N) is 1. The van der Waals surface area contributed by atoms with E-state index >= 15 is 0 Å². The summed E-state index contributed by atoms with van der Waals surface area (Å²) in [4.78, 5) is 14.8. The quantitative estimate of drug-likeness (QED) is 0.128. The third-order valence-electron chi connectivity index (χ3n) is 5.90. The van der Waals surface area contributed by atoms with Crippen molar-refractivity contribution in [3.05, 3.63) is 83.4 Å². The molecule has 0 aliphatic rings. The van der Waals surface area contributed by atoms with Crippen LogP contribution in [0.5, 0.6) is 5.75 Å². The van der Waals surface area contributed by atoms with E-state index in [0.717, 1.165) is 41.3 Å². The summed E-state index contributed by atoms with van der Waals surface area (Å²) in [7, 11) is 0. The van der Waals surface area contributed by atoms with Crippen molar-refractivity contribution in [1.82, 2.24) is 20.2 Å². The summed E-state index contributed by atoms with van der Waals surface area (Å²) >= 11 is 7.37. The number of nitrogens with zero attached hydrogens (tertiary/aromatic N) is 5. The zero-order valence-corrected chi connectivity index (χ0v) is 23.7. The van der Waals surface area contributed by atoms with E-state index in [1.54, 1.807) is 6.21 Å². The smallest absolute Gasteiger partial charge is 0.250 e. The Hall–Kier alpha value is -3.82. The molecule has 202 valence electrons. The van der Waals surface area contributed by atoms with E-state index in [-0.39, 0.29) is 11.7 Å². The molecule has 4 aromatic rings. The molecule has 4 rings (SSSR count). The van der Waals surface area contributed by atoms with E-state index in [0.29, 0.717) is 22.6 Å². The number of hydrogen-bond donors (Lipinski definition) is 1. The van der Waals surface area contributed by atoms with Crippen molar-refractivity contribution in [3.63, 3.8) is 0 Å². The molecule has 0 aliphatic heterocycles. The average Bonchev–Trinajstić information content (AvgIpc) is 3.38. The van der Waals surface area contributed by atoms with Crippen LogP contribution in [-0.4, -0.2) is 52.3 Å². The first-order valence-electron chi connectivity index (χ1n) is 12.8. The van der Waals surface area contributed by atoms with Crippen LogP contribution < -0.4 is 15.1 Å². The highest BCUT2D eigenvalue weighted by Crippen LogP contribution is 2.29. The highest BCUT2D eigenvalue weighted by Gasteiger charge is 2.17. The van der Waals surface area contributed by atoms with Crippen LogP contribution in [-0.2, 0) is 4.79 Å². The minimum Gasteiger partial charge on any atom is -0.494 e. The fourth-order valence-electron chi connectivity index (χ4n) is 3.94. The van der Waals surface area contributed by atoms with Gasteiger partial charge in [0, 0.05) is 35.1 Å². The van der Waals surface area contributed by atoms with Gasteiger partial charge in [-0.15, -0.1) is 10.2 Å². The van der Waals surface area contributed by atoms with E-state index in [1.165, 1.54) is 11.8 Å². The molecule has 1 heterocycles. The number of carbonyl (C=O) groups is 1. The number of carbonyl (C=O) groups excluding carboxylic acids is 1. The van der Waals surface area contributed by atoms with Crippen molar-refractivity contribution in [3.8, 4) is 22.8 Å². The second-order valence-electron chi connectivity index (χ2n) is 8.42. The second-order valence-corrected chi connectivity index (χ2v) is 9.80. The second kappa shape index (κ2) is 13.8. The maximum absolute atomic E-state index is 12.6. The van der Waals surface area contributed by atoms with E-state index < -0.39 is 0 Å². The van der Waals surface area contributed by atoms with Crippen molar-refractivity contribution in [2.24, 2.45) is 5.10 Å². The van der Waals surface area contributed by atoms with Crippen molar-refractivity contribution in [2.45, 2.75) is 25.9 Å². The van der Waals surface area contributed by atoms with Crippen LogP contribution in [0.1, 0.15) is 26.3 Å². The SMILES string of the molecule is CCOc1ccc(-n2c(SCC(=O)NN=Cc3ccc(N(CC)CC)cc3)nnc2-c2ccc(Cl)cc2)cc1. The maximum atomic E-state index is 12.6. The van der Waals surface area contributed by atoms with E-state index in [9.17, 15) is 4.79 Å². The number of thioether (sulfide) groups is 1. The summed E-state index contributed by atoms with van der Waals surface area (Å²) in [5, 5.41) is 14.1. The average molecular weight is 563 g/mol. The van der Waals surface area contributed by atoms with Crippen LogP contribution in [0, 0.1) is 0 Å². The number of halogens is 1. The summed E-state index contributed by atoms with van der Waals surface area (Å²) in [6.07, 6.45) is 1.63. The summed E-state index contributed by atoms with van der Waals surface area (Å²) in [6, 6.07) is 23.1. The largest absolute Gasteiger partial charge is 0.494 e. The van der Waals surface area contributed by atoms with E-state index in [1.807, 2.05) is 72.2 Å². The lowest BCUT2D eigenvalue weighted by molar-refractivity contribution is -0.118. The Balaban J connectivity index is 1.45. The van der Waals surface area contributed by atoms with Crippen LogP contribution >= 0.6 is 23.4 Å². The fourth-order valence-corrected chi connectivity index (χ4v) is 4.81. The summed E-state index contributed by atoms with van der Waals surface area (Å²) in [6.45, 7) is 8.69. The predicted molar refractivity (Wildman–Crippen MR) is 159 cm³/mol. The third-order valence-corrected chi connectivity index (χ3v) is 7.08. The highest BCUT2D eigenvalue weighted by atomic mass is 35.5. The van der Waals surface area contributed by atoms with Crippen molar-refractivity contribution >= 4 is 41.2 Å². The number of hydrogen-bond acceptors (Lipinski definition) is 7. The Morgan fingerprint density at radius 2 is 1.69 bits per heavy atom. The Kier molecular flexibility index (Phi) is 9.99. The van der Waals surface area contributed by atoms with Gasteiger partial charge in [-0.05, 0) is 87.0 Å². The molecule has 3 aromatic carbocycles. The monoisotopic (exact) mass is 562 g/mol. The predicted octanol–water partition coefficient (Wildman–Crippen LogP) is 6.08. The number of amides is 1. The van der Waals surface area contributed by atoms with Gasteiger partial charge in [0.15, 0.2) is 11.0 Å². The molecule has 1 amide bonds. The Morgan fingerprint density at radius 3 is 2.33 bits per heavy atom. The number of anilines is 1. The molecule has 1 aromatic heterocycles. The molecular weight excluding hydrogens is 532 g/mol. The molecule has 0 bridgehead atoms. The molecule has 0 spiro atoms. The van der Waals surface area contributed by atoms with Crippen molar-refractivity contribution < 1.29 is 9.53 Å². The van der Waals surface area contributed by atoms with Crippen LogP contribution in [0.25, 0.3) is 17.1 Å². The van der Waals surface area contributed by atoms with Gasteiger partial charge in [0.25, 0.3) is 5.91 Å².